The lowest BCUT2D eigenvalue weighted by molar-refractivity contribution is -0.126. The number of amides is 1. The molecular formula is C23H28N6O2. The van der Waals surface area contributed by atoms with Gasteiger partial charge in [-0.05, 0) is 57.9 Å². The number of fused-ring (bicyclic) bond motifs is 1. The lowest BCUT2D eigenvalue weighted by Gasteiger charge is -2.32. The van der Waals surface area contributed by atoms with Crippen LogP contribution in [0.1, 0.15) is 44.1 Å². The molecular weight excluding hydrogens is 392 g/mol. The molecule has 1 aliphatic rings. The maximum absolute atomic E-state index is 12.7. The predicted molar refractivity (Wildman–Crippen MR) is 119 cm³/mol. The molecule has 2 aromatic heterocycles. The Hall–Kier alpha value is -3.29. The van der Waals surface area contributed by atoms with Crippen molar-refractivity contribution in [3.63, 3.8) is 0 Å². The minimum atomic E-state index is -0.137. The van der Waals surface area contributed by atoms with E-state index >= 15 is 0 Å². The standard InChI is InChI=1S/C23H28N6O2/c1-4-31-18-5-6-21-19(13-18)15(2)27-23(28-21)29-11-8-17(9-12-29)22(30)26-16(3)20-7-10-24-14-25-20/h5-7,10,13-14,16-17H,4,8-9,11-12H2,1-3H3,(H,26,30)/t16-/m1/s1. The van der Waals surface area contributed by atoms with Crippen molar-refractivity contribution in [2.75, 3.05) is 24.6 Å². The van der Waals surface area contributed by atoms with Gasteiger partial charge in [-0.2, -0.15) is 0 Å². The molecule has 1 amide bonds. The van der Waals surface area contributed by atoms with Crippen LogP contribution in [0.5, 0.6) is 5.75 Å². The van der Waals surface area contributed by atoms with E-state index in [2.05, 4.69) is 20.2 Å². The topological polar surface area (TPSA) is 93.1 Å². The summed E-state index contributed by atoms with van der Waals surface area (Å²) in [6, 6.07) is 7.60. The summed E-state index contributed by atoms with van der Waals surface area (Å²) in [6.45, 7) is 8.04. The molecule has 1 saturated heterocycles. The van der Waals surface area contributed by atoms with Crippen LogP contribution in [0.3, 0.4) is 0 Å². The maximum atomic E-state index is 12.7. The number of piperidine rings is 1. The Labute approximate surface area is 182 Å². The summed E-state index contributed by atoms with van der Waals surface area (Å²) in [6.07, 6.45) is 4.73. The first kappa shape index (κ1) is 21.0. The third-order valence-corrected chi connectivity index (χ3v) is 5.71. The average molecular weight is 421 g/mol. The number of hydrogen-bond acceptors (Lipinski definition) is 7. The molecule has 1 aliphatic heterocycles. The number of hydrogen-bond donors (Lipinski definition) is 1. The summed E-state index contributed by atoms with van der Waals surface area (Å²) < 4.78 is 5.59. The Kier molecular flexibility index (Phi) is 6.25. The van der Waals surface area contributed by atoms with E-state index in [4.69, 9.17) is 14.7 Å². The Bertz CT molecular complexity index is 1050. The highest BCUT2D eigenvalue weighted by atomic mass is 16.5. The number of nitrogens with zero attached hydrogens (tertiary/aromatic N) is 5. The molecule has 8 heteroatoms. The van der Waals surface area contributed by atoms with Gasteiger partial charge in [-0.1, -0.05) is 0 Å². The molecule has 0 bridgehead atoms. The van der Waals surface area contributed by atoms with Crippen LogP contribution in [0.2, 0.25) is 0 Å². The molecule has 1 atom stereocenters. The van der Waals surface area contributed by atoms with Crippen molar-refractivity contribution in [2.24, 2.45) is 5.92 Å². The van der Waals surface area contributed by atoms with E-state index in [1.54, 1.807) is 6.20 Å². The van der Waals surface area contributed by atoms with Crippen LogP contribution in [0.4, 0.5) is 5.95 Å². The summed E-state index contributed by atoms with van der Waals surface area (Å²) in [4.78, 5) is 32.5. The number of rotatable bonds is 6. The van der Waals surface area contributed by atoms with Crippen molar-refractivity contribution >= 4 is 22.8 Å². The molecule has 3 heterocycles. The van der Waals surface area contributed by atoms with Crippen LogP contribution < -0.4 is 15.0 Å². The minimum Gasteiger partial charge on any atom is -0.494 e. The largest absolute Gasteiger partial charge is 0.494 e. The summed E-state index contributed by atoms with van der Waals surface area (Å²) in [5, 5.41) is 4.08. The SMILES string of the molecule is CCOc1ccc2nc(N3CCC(C(=O)N[C@H](C)c4ccncn4)CC3)nc(C)c2c1. The third kappa shape index (κ3) is 4.73. The normalized spacial score (nSPS) is 15.6. The van der Waals surface area contributed by atoms with Gasteiger partial charge in [0.05, 0.1) is 29.6 Å². The smallest absolute Gasteiger partial charge is 0.226 e. The van der Waals surface area contributed by atoms with Gasteiger partial charge in [0.2, 0.25) is 11.9 Å². The fourth-order valence-corrected chi connectivity index (χ4v) is 3.95. The van der Waals surface area contributed by atoms with Gasteiger partial charge in [0, 0.05) is 30.6 Å². The van der Waals surface area contributed by atoms with Gasteiger partial charge >= 0.3 is 0 Å². The van der Waals surface area contributed by atoms with E-state index in [9.17, 15) is 4.79 Å². The van der Waals surface area contributed by atoms with Crippen LogP contribution in [0.25, 0.3) is 10.9 Å². The monoisotopic (exact) mass is 420 g/mol. The number of carbonyl (C=O) groups is 1. The molecule has 0 unspecified atom stereocenters. The van der Waals surface area contributed by atoms with Crippen molar-refractivity contribution in [1.82, 2.24) is 25.3 Å². The van der Waals surface area contributed by atoms with Gasteiger partial charge in [-0.3, -0.25) is 4.79 Å². The first-order valence-corrected chi connectivity index (χ1v) is 10.8. The minimum absolute atomic E-state index is 0.0177. The zero-order chi connectivity index (χ0) is 21.8. The first-order chi connectivity index (χ1) is 15.0. The molecule has 1 N–H and O–H groups in total. The molecule has 1 aromatic carbocycles. The molecule has 3 aromatic rings. The van der Waals surface area contributed by atoms with Crippen molar-refractivity contribution < 1.29 is 9.53 Å². The number of anilines is 1. The molecule has 4 rings (SSSR count). The average Bonchev–Trinajstić information content (AvgIpc) is 2.80. The fourth-order valence-electron chi connectivity index (χ4n) is 3.95. The summed E-state index contributed by atoms with van der Waals surface area (Å²) >= 11 is 0. The van der Waals surface area contributed by atoms with Crippen molar-refractivity contribution in [3.8, 4) is 5.75 Å². The first-order valence-electron chi connectivity index (χ1n) is 10.8. The van der Waals surface area contributed by atoms with Crippen LogP contribution in [-0.4, -0.2) is 45.5 Å². The van der Waals surface area contributed by atoms with E-state index < -0.39 is 0 Å². The molecule has 0 saturated carbocycles. The molecule has 1 fully saturated rings. The van der Waals surface area contributed by atoms with Gasteiger partial charge in [-0.15, -0.1) is 0 Å². The molecule has 0 spiro atoms. The van der Waals surface area contributed by atoms with Crippen molar-refractivity contribution in [3.05, 3.63) is 48.2 Å². The fraction of sp³-hybridized carbons (Fsp3) is 0.435. The highest BCUT2D eigenvalue weighted by Gasteiger charge is 2.27. The lowest BCUT2D eigenvalue weighted by atomic mass is 9.95. The quantitative estimate of drug-likeness (QED) is 0.654. The Morgan fingerprint density at radius 3 is 2.77 bits per heavy atom. The van der Waals surface area contributed by atoms with Gasteiger partial charge in [0.15, 0.2) is 0 Å². The second-order valence-corrected chi connectivity index (χ2v) is 7.85. The predicted octanol–water partition coefficient (Wildman–Crippen LogP) is 3.22. The molecule has 0 radical (unpaired) electrons. The van der Waals surface area contributed by atoms with E-state index in [0.717, 1.165) is 59.9 Å². The van der Waals surface area contributed by atoms with E-state index in [1.165, 1.54) is 6.33 Å². The summed E-state index contributed by atoms with van der Waals surface area (Å²) in [5.74, 6) is 1.61. The highest BCUT2D eigenvalue weighted by Crippen LogP contribution is 2.27. The van der Waals surface area contributed by atoms with Gasteiger partial charge in [-0.25, -0.2) is 19.9 Å². The van der Waals surface area contributed by atoms with E-state index in [-0.39, 0.29) is 17.9 Å². The summed E-state index contributed by atoms with van der Waals surface area (Å²) in [7, 11) is 0. The zero-order valence-electron chi connectivity index (χ0n) is 18.2. The Balaban J connectivity index is 1.39. The van der Waals surface area contributed by atoms with Crippen LogP contribution in [-0.2, 0) is 4.79 Å². The molecule has 8 nitrogen and oxygen atoms in total. The molecule has 162 valence electrons. The number of benzene rings is 1. The van der Waals surface area contributed by atoms with Crippen molar-refractivity contribution in [1.29, 1.82) is 0 Å². The highest BCUT2D eigenvalue weighted by molar-refractivity contribution is 5.83. The summed E-state index contributed by atoms with van der Waals surface area (Å²) in [5.41, 5.74) is 2.65. The lowest BCUT2D eigenvalue weighted by Crippen LogP contribution is -2.42. The van der Waals surface area contributed by atoms with Gasteiger partial charge in [0.1, 0.15) is 12.1 Å². The van der Waals surface area contributed by atoms with Crippen LogP contribution >= 0.6 is 0 Å². The van der Waals surface area contributed by atoms with E-state index in [0.29, 0.717) is 6.61 Å². The molecule has 31 heavy (non-hydrogen) atoms. The zero-order valence-corrected chi connectivity index (χ0v) is 18.2. The third-order valence-electron chi connectivity index (χ3n) is 5.71. The number of ether oxygens (including phenoxy) is 1. The van der Waals surface area contributed by atoms with Crippen LogP contribution in [0.15, 0.2) is 36.8 Å². The Morgan fingerprint density at radius 2 is 2.06 bits per heavy atom. The maximum Gasteiger partial charge on any atom is 0.226 e. The van der Waals surface area contributed by atoms with Gasteiger partial charge in [0.25, 0.3) is 0 Å². The second kappa shape index (κ2) is 9.24. The Morgan fingerprint density at radius 1 is 1.26 bits per heavy atom. The second-order valence-electron chi connectivity index (χ2n) is 7.85. The molecule has 0 aliphatic carbocycles. The van der Waals surface area contributed by atoms with Crippen molar-refractivity contribution in [2.45, 2.75) is 39.7 Å². The van der Waals surface area contributed by atoms with Crippen LogP contribution in [0, 0.1) is 12.8 Å². The number of nitrogens with one attached hydrogen (secondary N) is 1. The van der Waals surface area contributed by atoms with Gasteiger partial charge < -0.3 is 15.0 Å². The van der Waals surface area contributed by atoms with E-state index in [1.807, 2.05) is 45.0 Å². The number of carbonyl (C=O) groups excluding carboxylic acids is 1. The number of aryl methyl sites for hydroxylation is 1. The number of aromatic nitrogens is 4.